The molecular weight excluding hydrogens is 331 g/mol. The number of hydrogen-bond donors (Lipinski definition) is 0. The van der Waals surface area contributed by atoms with E-state index in [1.807, 2.05) is 12.5 Å². The molecule has 0 N–H and O–H groups in total. The summed E-state index contributed by atoms with van der Waals surface area (Å²) >= 11 is 2.29. The molecule has 1 heterocycles. The molecule has 0 bridgehead atoms. The average molecular weight is 352 g/mol. The maximum Gasteiger partial charge on any atom is 0.192 e. The summed E-state index contributed by atoms with van der Waals surface area (Å²) in [5.74, 6) is 0. The fourth-order valence-corrected chi connectivity index (χ4v) is 2.65. The molecule has 0 fully saturated rings. The minimum Gasteiger partial charge on any atom is -0.415 e. The van der Waals surface area contributed by atoms with E-state index in [2.05, 4.69) is 66.0 Å². The van der Waals surface area contributed by atoms with Crippen molar-refractivity contribution in [1.82, 2.24) is 9.55 Å². The highest BCUT2D eigenvalue weighted by atomic mass is 127. The second-order valence-corrected chi connectivity index (χ2v) is 11.4. The van der Waals surface area contributed by atoms with Crippen LogP contribution in [0.3, 0.4) is 0 Å². The van der Waals surface area contributed by atoms with Crippen molar-refractivity contribution in [3.8, 4) is 0 Å². The Morgan fingerprint density at radius 1 is 1.44 bits per heavy atom. The third-order valence-corrected chi connectivity index (χ3v) is 8.70. The number of halogens is 1. The van der Waals surface area contributed by atoms with E-state index in [1.165, 1.54) is 0 Å². The van der Waals surface area contributed by atoms with Gasteiger partial charge in [0.2, 0.25) is 0 Å². The molecule has 0 aliphatic carbocycles. The summed E-state index contributed by atoms with van der Waals surface area (Å²) in [4.78, 5) is 4.10. The van der Waals surface area contributed by atoms with E-state index in [0.29, 0.717) is 0 Å². The van der Waals surface area contributed by atoms with Crippen LogP contribution in [-0.2, 0) is 11.0 Å². The van der Waals surface area contributed by atoms with Crippen LogP contribution in [-0.4, -0.2) is 24.5 Å². The molecule has 0 saturated heterocycles. The molecule has 0 amide bonds. The van der Waals surface area contributed by atoms with E-state index in [0.717, 1.165) is 16.9 Å². The highest BCUT2D eigenvalue weighted by Gasteiger charge is 2.36. The first kappa shape index (κ1) is 14.2. The van der Waals surface area contributed by atoms with Gasteiger partial charge >= 0.3 is 0 Å². The smallest absolute Gasteiger partial charge is 0.192 e. The largest absolute Gasteiger partial charge is 0.415 e. The van der Waals surface area contributed by atoms with E-state index in [-0.39, 0.29) is 5.04 Å². The van der Waals surface area contributed by atoms with Gasteiger partial charge in [0.25, 0.3) is 0 Å². The van der Waals surface area contributed by atoms with Gasteiger partial charge in [-0.1, -0.05) is 20.8 Å². The molecule has 1 aromatic heterocycles. The van der Waals surface area contributed by atoms with Gasteiger partial charge in [0.05, 0.1) is 22.8 Å². The van der Waals surface area contributed by atoms with Crippen LogP contribution in [0.1, 0.15) is 20.8 Å². The summed E-state index contributed by atoms with van der Waals surface area (Å²) in [5, 5.41) is 0.287. The lowest BCUT2D eigenvalue weighted by Gasteiger charge is -2.36. The van der Waals surface area contributed by atoms with Crippen molar-refractivity contribution in [2.24, 2.45) is 0 Å². The third-order valence-electron chi connectivity index (χ3n) is 3.26. The van der Waals surface area contributed by atoms with Crippen LogP contribution < -0.4 is 0 Å². The molecule has 1 rings (SSSR count). The summed E-state index contributed by atoms with van der Waals surface area (Å²) in [7, 11) is -1.59. The van der Waals surface area contributed by atoms with Gasteiger partial charge in [-0.3, -0.25) is 0 Å². The van der Waals surface area contributed by atoms with Crippen LogP contribution in [0.5, 0.6) is 0 Å². The standard InChI is InChI=1S/C11H21IN2OSi/c1-11(2,3)16(4,5)15-7-6-14-9-13-8-10(14)12/h8-9H,6-7H2,1-5H3. The second kappa shape index (κ2) is 5.18. The second-order valence-electron chi connectivity index (χ2n) is 5.52. The van der Waals surface area contributed by atoms with Crippen LogP contribution in [0.2, 0.25) is 18.1 Å². The first-order valence-electron chi connectivity index (χ1n) is 5.53. The SMILES string of the molecule is CC(C)(C)[Si](C)(C)OCCn1cncc1I. The number of imidazole rings is 1. The molecule has 0 aromatic carbocycles. The van der Waals surface area contributed by atoms with Gasteiger partial charge in [-0.15, -0.1) is 0 Å². The lowest BCUT2D eigenvalue weighted by atomic mass is 10.2. The van der Waals surface area contributed by atoms with Crippen LogP contribution >= 0.6 is 22.6 Å². The molecule has 0 atom stereocenters. The fraction of sp³-hybridized carbons (Fsp3) is 0.727. The minimum absolute atomic E-state index is 0.287. The summed E-state index contributed by atoms with van der Waals surface area (Å²) in [6, 6.07) is 0. The lowest BCUT2D eigenvalue weighted by Crippen LogP contribution is -2.41. The fourth-order valence-electron chi connectivity index (χ4n) is 1.08. The molecule has 16 heavy (non-hydrogen) atoms. The normalized spacial score (nSPS) is 13.1. The Labute approximate surface area is 113 Å². The zero-order valence-corrected chi connectivity index (χ0v) is 13.9. The van der Waals surface area contributed by atoms with Crippen molar-refractivity contribution < 1.29 is 4.43 Å². The van der Waals surface area contributed by atoms with Crippen LogP contribution in [0.15, 0.2) is 12.5 Å². The van der Waals surface area contributed by atoms with Gasteiger partial charge in [0.15, 0.2) is 8.32 Å². The van der Waals surface area contributed by atoms with Crippen LogP contribution in [0, 0.1) is 3.70 Å². The van der Waals surface area contributed by atoms with Gasteiger partial charge in [-0.2, -0.15) is 0 Å². The summed E-state index contributed by atoms with van der Waals surface area (Å²) in [6.45, 7) is 13.0. The molecule has 0 unspecified atom stereocenters. The van der Waals surface area contributed by atoms with Crippen molar-refractivity contribution in [2.75, 3.05) is 6.61 Å². The van der Waals surface area contributed by atoms with Crippen molar-refractivity contribution >= 4 is 30.9 Å². The van der Waals surface area contributed by atoms with Gasteiger partial charge < -0.3 is 8.99 Å². The zero-order chi connectivity index (χ0) is 12.4. The number of rotatable bonds is 4. The number of nitrogens with zero attached hydrogens (tertiary/aromatic N) is 2. The molecule has 0 aliphatic rings. The van der Waals surface area contributed by atoms with Gasteiger partial charge in [-0.25, -0.2) is 4.98 Å². The van der Waals surface area contributed by atoms with Gasteiger partial charge in [0.1, 0.15) is 0 Å². The monoisotopic (exact) mass is 352 g/mol. The first-order chi connectivity index (χ1) is 7.24. The van der Waals surface area contributed by atoms with Gasteiger partial charge in [0, 0.05) is 6.54 Å². The topological polar surface area (TPSA) is 27.1 Å². The summed E-state index contributed by atoms with van der Waals surface area (Å²) in [6.07, 6.45) is 3.73. The first-order valence-corrected chi connectivity index (χ1v) is 9.52. The minimum atomic E-state index is -1.59. The van der Waals surface area contributed by atoms with E-state index in [1.54, 1.807) is 0 Å². The molecule has 5 heteroatoms. The molecular formula is C11H21IN2OSi. The van der Waals surface area contributed by atoms with E-state index in [9.17, 15) is 0 Å². The van der Waals surface area contributed by atoms with Crippen molar-refractivity contribution in [2.45, 2.75) is 45.4 Å². The molecule has 3 nitrogen and oxygen atoms in total. The highest BCUT2D eigenvalue weighted by Crippen LogP contribution is 2.36. The van der Waals surface area contributed by atoms with Crippen LogP contribution in [0.4, 0.5) is 0 Å². The maximum absolute atomic E-state index is 6.11. The van der Waals surface area contributed by atoms with Gasteiger partial charge in [-0.05, 0) is 40.7 Å². The summed E-state index contributed by atoms with van der Waals surface area (Å²) in [5.41, 5.74) is 0. The molecule has 92 valence electrons. The average Bonchev–Trinajstić information content (AvgIpc) is 2.49. The molecule has 1 aromatic rings. The number of hydrogen-bond acceptors (Lipinski definition) is 2. The van der Waals surface area contributed by atoms with Crippen molar-refractivity contribution in [1.29, 1.82) is 0 Å². The molecule has 0 saturated carbocycles. The predicted molar refractivity (Wildman–Crippen MR) is 78.1 cm³/mol. The van der Waals surface area contributed by atoms with E-state index < -0.39 is 8.32 Å². The van der Waals surface area contributed by atoms with Crippen molar-refractivity contribution in [3.63, 3.8) is 0 Å². The Bertz CT molecular complexity index is 344. The molecule has 0 aliphatic heterocycles. The number of aromatic nitrogens is 2. The Kier molecular flexibility index (Phi) is 4.59. The van der Waals surface area contributed by atoms with Crippen LogP contribution in [0.25, 0.3) is 0 Å². The summed E-state index contributed by atoms with van der Waals surface area (Å²) < 4.78 is 9.39. The maximum atomic E-state index is 6.11. The third kappa shape index (κ3) is 3.56. The zero-order valence-electron chi connectivity index (χ0n) is 10.7. The Hall–Kier alpha value is 0.117. The molecule has 0 radical (unpaired) electrons. The van der Waals surface area contributed by atoms with E-state index >= 15 is 0 Å². The van der Waals surface area contributed by atoms with E-state index in [4.69, 9.17) is 4.43 Å². The molecule has 0 spiro atoms. The Morgan fingerprint density at radius 3 is 2.50 bits per heavy atom. The Morgan fingerprint density at radius 2 is 2.06 bits per heavy atom. The lowest BCUT2D eigenvalue weighted by molar-refractivity contribution is 0.270. The quantitative estimate of drug-likeness (QED) is 0.613. The highest BCUT2D eigenvalue weighted by molar-refractivity contribution is 14.1. The Balaban J connectivity index is 2.45. The van der Waals surface area contributed by atoms with Crippen molar-refractivity contribution in [3.05, 3.63) is 16.2 Å². The predicted octanol–water partition coefficient (Wildman–Crippen LogP) is 3.51.